The fourth-order valence-corrected chi connectivity index (χ4v) is 3.73. The van der Waals surface area contributed by atoms with E-state index >= 15 is 0 Å². The number of unbranched alkanes of at least 4 members (excludes halogenated alkanes) is 3. The average Bonchev–Trinajstić information content (AvgIpc) is 2.84. The van der Waals surface area contributed by atoms with Gasteiger partial charge in [-0.1, -0.05) is 25.5 Å². The van der Waals surface area contributed by atoms with Gasteiger partial charge in [-0.25, -0.2) is 4.39 Å². The Hall–Kier alpha value is -1.13. The van der Waals surface area contributed by atoms with Crippen molar-refractivity contribution in [1.29, 1.82) is 0 Å². The van der Waals surface area contributed by atoms with Gasteiger partial charge >= 0.3 is 0 Å². The molecule has 0 aromatic heterocycles. The van der Waals surface area contributed by atoms with Crippen LogP contribution in [0.3, 0.4) is 0 Å². The van der Waals surface area contributed by atoms with Crippen LogP contribution in [0.15, 0.2) is 18.2 Å². The quantitative estimate of drug-likeness (QED) is 0.448. The molecule has 0 saturated carbocycles. The number of rotatable bonds is 10. The summed E-state index contributed by atoms with van der Waals surface area (Å²) >= 11 is 0. The highest BCUT2D eigenvalue weighted by Gasteiger charge is 2.27. The fourth-order valence-electron chi connectivity index (χ4n) is 3.73. The van der Waals surface area contributed by atoms with E-state index in [0.717, 1.165) is 38.2 Å². The Labute approximate surface area is 152 Å². The van der Waals surface area contributed by atoms with Gasteiger partial charge in [0.1, 0.15) is 6.54 Å². The Morgan fingerprint density at radius 2 is 1.92 bits per heavy atom. The van der Waals surface area contributed by atoms with Crippen molar-refractivity contribution >= 4 is 0 Å². The van der Waals surface area contributed by atoms with Crippen molar-refractivity contribution in [3.63, 3.8) is 0 Å². The Kier molecular flexibility index (Phi) is 8.70. The second-order valence-electron chi connectivity index (χ2n) is 7.35. The van der Waals surface area contributed by atoms with Gasteiger partial charge in [0.2, 0.25) is 0 Å². The summed E-state index contributed by atoms with van der Waals surface area (Å²) in [6.45, 7) is 11.5. The fraction of sp³-hybridized carbons (Fsp3) is 0.714. The molecule has 1 atom stereocenters. The van der Waals surface area contributed by atoms with E-state index in [2.05, 4.69) is 6.92 Å². The molecule has 4 heteroatoms. The maximum Gasteiger partial charge on any atom is 0.165 e. The van der Waals surface area contributed by atoms with E-state index in [4.69, 9.17) is 9.47 Å². The summed E-state index contributed by atoms with van der Waals surface area (Å²) in [5.41, 5.74) is 0.869. The largest absolute Gasteiger partial charge is 0.490 e. The van der Waals surface area contributed by atoms with E-state index in [9.17, 15) is 4.39 Å². The standard InChI is InChI=1S/C21H35FNO2/c1-3-4-12-23(14-9-16-24-18-15-23)13-6-5-7-17-25-21-19(2)10-8-11-20(21)22/h8,10-11H,3-7,9,12-18H2,1-2H3/q+1. The molecule has 1 fully saturated rings. The van der Waals surface area contributed by atoms with Crippen LogP contribution in [0, 0.1) is 12.7 Å². The van der Waals surface area contributed by atoms with Crippen LogP contribution < -0.4 is 4.74 Å². The molecule has 0 amide bonds. The minimum Gasteiger partial charge on any atom is -0.490 e. The Balaban J connectivity index is 1.71. The van der Waals surface area contributed by atoms with E-state index in [0.29, 0.717) is 12.4 Å². The van der Waals surface area contributed by atoms with Gasteiger partial charge in [0.05, 0.1) is 39.5 Å². The van der Waals surface area contributed by atoms with Crippen molar-refractivity contribution in [1.82, 2.24) is 0 Å². The molecule has 25 heavy (non-hydrogen) atoms. The predicted octanol–water partition coefficient (Wildman–Crippen LogP) is 4.72. The maximum atomic E-state index is 13.7. The third-order valence-electron chi connectivity index (χ3n) is 5.30. The number of quaternary nitrogens is 1. The zero-order valence-electron chi connectivity index (χ0n) is 16.1. The Morgan fingerprint density at radius 1 is 1.08 bits per heavy atom. The summed E-state index contributed by atoms with van der Waals surface area (Å²) in [6, 6.07) is 5.08. The molecule has 2 rings (SSSR count). The second-order valence-corrected chi connectivity index (χ2v) is 7.35. The summed E-state index contributed by atoms with van der Waals surface area (Å²) in [5.74, 6) is 0.159. The number of para-hydroxylation sites is 1. The zero-order valence-corrected chi connectivity index (χ0v) is 16.1. The van der Waals surface area contributed by atoms with Crippen LogP contribution in [0.2, 0.25) is 0 Å². The molecule has 142 valence electrons. The van der Waals surface area contributed by atoms with Gasteiger partial charge in [0, 0.05) is 6.42 Å². The molecular formula is C21H35FNO2+. The number of nitrogens with zero attached hydrogens (tertiary/aromatic N) is 1. The summed E-state index contributed by atoms with van der Waals surface area (Å²) in [4.78, 5) is 0. The number of aryl methyl sites for hydroxylation is 1. The first-order valence-electron chi connectivity index (χ1n) is 9.98. The van der Waals surface area contributed by atoms with Crippen LogP contribution >= 0.6 is 0 Å². The zero-order chi connectivity index (χ0) is 18.0. The van der Waals surface area contributed by atoms with Crippen molar-refractivity contribution in [2.24, 2.45) is 0 Å². The lowest BCUT2D eigenvalue weighted by molar-refractivity contribution is -0.927. The molecule has 1 aromatic carbocycles. The molecule has 0 spiro atoms. The van der Waals surface area contributed by atoms with Crippen LogP contribution in [0.4, 0.5) is 4.39 Å². The number of hydrogen-bond donors (Lipinski definition) is 0. The molecular weight excluding hydrogens is 317 g/mol. The lowest BCUT2D eigenvalue weighted by atomic mass is 10.1. The van der Waals surface area contributed by atoms with Crippen molar-refractivity contribution in [3.05, 3.63) is 29.6 Å². The number of hydrogen-bond acceptors (Lipinski definition) is 2. The first kappa shape index (κ1) is 20.2. The number of benzene rings is 1. The van der Waals surface area contributed by atoms with E-state index in [1.807, 2.05) is 13.0 Å². The molecule has 1 aliphatic rings. The van der Waals surface area contributed by atoms with Crippen LogP contribution in [-0.4, -0.2) is 50.5 Å². The SMILES string of the molecule is CCCC[N+]1(CCCCCOc2c(C)cccc2F)CCCOCC1. The highest BCUT2D eigenvalue weighted by molar-refractivity contribution is 5.33. The highest BCUT2D eigenvalue weighted by atomic mass is 19.1. The van der Waals surface area contributed by atoms with Crippen LogP contribution in [-0.2, 0) is 4.74 Å². The smallest absolute Gasteiger partial charge is 0.165 e. The van der Waals surface area contributed by atoms with Crippen molar-refractivity contribution in [2.75, 3.05) is 46.0 Å². The van der Waals surface area contributed by atoms with Crippen molar-refractivity contribution in [3.8, 4) is 5.75 Å². The third-order valence-corrected chi connectivity index (χ3v) is 5.30. The first-order valence-corrected chi connectivity index (χ1v) is 9.98. The van der Waals surface area contributed by atoms with Crippen molar-refractivity contribution < 1.29 is 18.3 Å². The summed E-state index contributed by atoms with van der Waals surface area (Å²) in [6.07, 6.45) is 7.08. The van der Waals surface area contributed by atoms with Crippen LogP contribution in [0.1, 0.15) is 51.0 Å². The molecule has 0 aliphatic carbocycles. The lowest BCUT2D eigenvalue weighted by Crippen LogP contribution is -2.51. The normalized spacial score (nSPS) is 21.1. The van der Waals surface area contributed by atoms with Gasteiger partial charge in [0.25, 0.3) is 0 Å². The third kappa shape index (κ3) is 6.59. The summed E-state index contributed by atoms with van der Waals surface area (Å²) in [7, 11) is 0. The van der Waals surface area contributed by atoms with Crippen molar-refractivity contribution in [2.45, 2.75) is 52.4 Å². The lowest BCUT2D eigenvalue weighted by Gasteiger charge is -2.37. The van der Waals surface area contributed by atoms with Crippen LogP contribution in [0.5, 0.6) is 5.75 Å². The molecule has 0 bridgehead atoms. The Morgan fingerprint density at radius 3 is 2.72 bits per heavy atom. The molecule has 1 unspecified atom stereocenters. The highest BCUT2D eigenvalue weighted by Crippen LogP contribution is 2.22. The topological polar surface area (TPSA) is 18.5 Å². The second kappa shape index (κ2) is 10.8. The van der Waals surface area contributed by atoms with E-state index in [1.54, 1.807) is 6.07 Å². The first-order chi connectivity index (χ1) is 12.2. The van der Waals surface area contributed by atoms with Gasteiger partial charge in [-0.3, -0.25) is 0 Å². The van der Waals surface area contributed by atoms with E-state index < -0.39 is 0 Å². The van der Waals surface area contributed by atoms with E-state index in [1.165, 1.54) is 55.9 Å². The maximum absolute atomic E-state index is 13.7. The van der Waals surface area contributed by atoms with Gasteiger partial charge in [-0.15, -0.1) is 0 Å². The minimum absolute atomic E-state index is 0.256. The van der Waals surface area contributed by atoms with E-state index in [-0.39, 0.29) is 5.82 Å². The summed E-state index contributed by atoms with van der Waals surface area (Å²) < 4.78 is 26.3. The van der Waals surface area contributed by atoms with Gasteiger partial charge in [-0.2, -0.15) is 0 Å². The number of ether oxygens (including phenoxy) is 2. The monoisotopic (exact) mass is 352 g/mol. The van der Waals surface area contributed by atoms with Gasteiger partial charge in [-0.05, 0) is 44.2 Å². The van der Waals surface area contributed by atoms with Crippen LogP contribution in [0.25, 0.3) is 0 Å². The molecule has 1 aliphatic heterocycles. The molecule has 1 aromatic rings. The summed E-state index contributed by atoms with van der Waals surface area (Å²) in [5, 5.41) is 0. The van der Waals surface area contributed by atoms with Gasteiger partial charge in [0.15, 0.2) is 11.6 Å². The molecule has 1 saturated heterocycles. The Bertz CT molecular complexity index is 478. The van der Waals surface area contributed by atoms with Gasteiger partial charge < -0.3 is 14.0 Å². The molecule has 0 radical (unpaired) electrons. The minimum atomic E-state index is -0.256. The molecule has 3 nitrogen and oxygen atoms in total. The molecule has 0 N–H and O–H groups in total. The predicted molar refractivity (Wildman–Crippen MR) is 101 cm³/mol. The number of halogens is 1. The molecule has 1 heterocycles. The average molecular weight is 353 g/mol.